The van der Waals surface area contributed by atoms with E-state index in [-0.39, 0.29) is 23.4 Å². The first kappa shape index (κ1) is 15.9. The highest BCUT2D eigenvalue weighted by Gasteiger charge is 2.27. The van der Waals surface area contributed by atoms with Crippen molar-refractivity contribution < 1.29 is 19.4 Å². The molecule has 0 bridgehead atoms. The van der Waals surface area contributed by atoms with E-state index in [1.165, 1.54) is 19.0 Å². The standard InChI is InChI=1S/C16H21N3O4/c20-15(13-9-18-14(10-17-13)16(21)22)19-7-5-12(6-8-19)23-11-3-1-2-4-11/h9-12H,1-8H2,(H,21,22). The molecule has 1 saturated carbocycles. The Bertz CT molecular complexity index is 561. The van der Waals surface area contributed by atoms with Crippen LogP contribution in [0.25, 0.3) is 0 Å². The number of aromatic nitrogens is 2. The van der Waals surface area contributed by atoms with Gasteiger partial charge in [0.25, 0.3) is 5.91 Å². The first-order valence-corrected chi connectivity index (χ1v) is 8.13. The molecule has 2 fully saturated rings. The highest BCUT2D eigenvalue weighted by molar-refractivity contribution is 5.92. The molecule has 7 nitrogen and oxygen atoms in total. The molecule has 2 heterocycles. The predicted molar refractivity (Wildman–Crippen MR) is 81.3 cm³/mol. The molecule has 0 aromatic carbocycles. The summed E-state index contributed by atoms with van der Waals surface area (Å²) in [6, 6.07) is 0. The van der Waals surface area contributed by atoms with Crippen molar-refractivity contribution in [3.05, 3.63) is 23.8 Å². The first-order chi connectivity index (χ1) is 11.1. The normalized spacial score (nSPS) is 19.9. The molecule has 3 rings (SSSR count). The molecule has 124 valence electrons. The summed E-state index contributed by atoms with van der Waals surface area (Å²) in [5, 5.41) is 8.80. The minimum absolute atomic E-state index is 0.162. The molecule has 7 heteroatoms. The maximum Gasteiger partial charge on any atom is 0.356 e. The molecular formula is C16H21N3O4. The van der Waals surface area contributed by atoms with Crippen LogP contribution < -0.4 is 0 Å². The number of rotatable bonds is 4. The van der Waals surface area contributed by atoms with Gasteiger partial charge >= 0.3 is 5.97 Å². The van der Waals surface area contributed by atoms with E-state index in [1.807, 2.05) is 0 Å². The summed E-state index contributed by atoms with van der Waals surface area (Å²) in [4.78, 5) is 32.5. The van der Waals surface area contributed by atoms with Gasteiger partial charge in [0, 0.05) is 13.1 Å². The van der Waals surface area contributed by atoms with Crippen LogP contribution in [-0.2, 0) is 4.74 Å². The van der Waals surface area contributed by atoms with Crippen LogP contribution in [0.15, 0.2) is 12.4 Å². The number of carboxylic acid groups (broad SMARTS) is 1. The van der Waals surface area contributed by atoms with Crippen molar-refractivity contribution >= 4 is 11.9 Å². The molecule has 1 aromatic heterocycles. The summed E-state index contributed by atoms with van der Waals surface area (Å²) in [5.41, 5.74) is 0.0235. The average Bonchev–Trinajstić information content (AvgIpc) is 3.08. The van der Waals surface area contributed by atoms with E-state index < -0.39 is 5.97 Å². The number of aromatic carboxylic acids is 1. The Morgan fingerprint density at radius 3 is 2.13 bits per heavy atom. The number of carboxylic acids is 1. The van der Waals surface area contributed by atoms with E-state index in [2.05, 4.69) is 9.97 Å². The lowest BCUT2D eigenvalue weighted by molar-refractivity contribution is -0.0358. The van der Waals surface area contributed by atoms with Crippen molar-refractivity contribution in [2.75, 3.05) is 13.1 Å². The number of carbonyl (C=O) groups is 2. The van der Waals surface area contributed by atoms with E-state index in [0.717, 1.165) is 31.9 Å². The Hall–Kier alpha value is -2.02. The van der Waals surface area contributed by atoms with Crippen molar-refractivity contribution in [2.45, 2.75) is 50.7 Å². The fourth-order valence-electron chi connectivity index (χ4n) is 3.20. The second-order valence-corrected chi connectivity index (χ2v) is 6.13. The number of carbonyl (C=O) groups excluding carboxylic acids is 1. The number of amides is 1. The van der Waals surface area contributed by atoms with Crippen LogP contribution in [0.1, 0.15) is 59.5 Å². The topological polar surface area (TPSA) is 92.6 Å². The quantitative estimate of drug-likeness (QED) is 0.908. The third-order valence-electron chi connectivity index (χ3n) is 4.51. The van der Waals surface area contributed by atoms with Gasteiger partial charge in [-0.1, -0.05) is 12.8 Å². The van der Waals surface area contributed by atoms with Gasteiger partial charge in [0.05, 0.1) is 24.6 Å². The van der Waals surface area contributed by atoms with E-state index in [9.17, 15) is 9.59 Å². The number of likely N-dealkylation sites (tertiary alicyclic amines) is 1. The van der Waals surface area contributed by atoms with Gasteiger partial charge in [0.15, 0.2) is 5.69 Å². The van der Waals surface area contributed by atoms with Crippen LogP contribution in [0, 0.1) is 0 Å². The molecule has 1 amide bonds. The fourth-order valence-corrected chi connectivity index (χ4v) is 3.20. The van der Waals surface area contributed by atoms with Crippen LogP contribution in [-0.4, -0.2) is 57.1 Å². The maximum absolute atomic E-state index is 12.4. The van der Waals surface area contributed by atoms with Crippen molar-refractivity contribution in [3.8, 4) is 0 Å². The molecule has 0 unspecified atom stereocenters. The van der Waals surface area contributed by atoms with Crippen LogP contribution in [0.4, 0.5) is 0 Å². The highest BCUT2D eigenvalue weighted by atomic mass is 16.5. The van der Waals surface area contributed by atoms with Crippen LogP contribution in [0.5, 0.6) is 0 Å². The Labute approximate surface area is 134 Å². The molecule has 0 atom stereocenters. The fraction of sp³-hybridized carbons (Fsp3) is 0.625. The van der Waals surface area contributed by atoms with E-state index >= 15 is 0 Å². The minimum Gasteiger partial charge on any atom is -0.476 e. The van der Waals surface area contributed by atoms with Gasteiger partial charge in [-0.05, 0) is 25.7 Å². The second-order valence-electron chi connectivity index (χ2n) is 6.13. The zero-order chi connectivity index (χ0) is 16.2. The lowest BCUT2D eigenvalue weighted by Gasteiger charge is -2.33. The molecule has 1 aromatic rings. The van der Waals surface area contributed by atoms with Gasteiger partial charge in [0.1, 0.15) is 5.69 Å². The Balaban J connectivity index is 1.52. The third-order valence-corrected chi connectivity index (χ3v) is 4.51. The van der Waals surface area contributed by atoms with Gasteiger partial charge in [-0.3, -0.25) is 4.79 Å². The summed E-state index contributed by atoms with van der Waals surface area (Å²) < 4.78 is 6.10. The molecule has 1 aliphatic heterocycles. The number of hydrogen-bond donors (Lipinski definition) is 1. The number of nitrogens with zero attached hydrogens (tertiary/aromatic N) is 3. The molecule has 1 N–H and O–H groups in total. The summed E-state index contributed by atoms with van der Waals surface area (Å²) in [7, 11) is 0. The Morgan fingerprint density at radius 2 is 1.57 bits per heavy atom. The molecule has 2 aliphatic rings. The van der Waals surface area contributed by atoms with E-state index in [4.69, 9.17) is 9.84 Å². The zero-order valence-corrected chi connectivity index (χ0v) is 13.0. The summed E-state index contributed by atoms with van der Waals surface area (Å²) in [6.45, 7) is 1.27. The van der Waals surface area contributed by atoms with Crippen molar-refractivity contribution in [3.63, 3.8) is 0 Å². The highest BCUT2D eigenvalue weighted by Crippen LogP contribution is 2.25. The SMILES string of the molecule is O=C(O)c1cnc(C(=O)N2CCC(OC3CCCC3)CC2)cn1. The summed E-state index contributed by atoms with van der Waals surface area (Å²) in [6.07, 6.45) is 9.48. The van der Waals surface area contributed by atoms with Gasteiger partial charge < -0.3 is 14.7 Å². The summed E-state index contributed by atoms with van der Waals surface area (Å²) in [5.74, 6) is -1.35. The van der Waals surface area contributed by atoms with Gasteiger partial charge in [-0.25, -0.2) is 14.8 Å². The molecule has 1 saturated heterocycles. The molecule has 0 radical (unpaired) electrons. The molecule has 23 heavy (non-hydrogen) atoms. The van der Waals surface area contributed by atoms with Crippen molar-refractivity contribution in [1.29, 1.82) is 0 Å². The molecule has 0 spiro atoms. The number of piperidine rings is 1. The van der Waals surface area contributed by atoms with Crippen LogP contribution in [0.3, 0.4) is 0 Å². The molecule has 1 aliphatic carbocycles. The largest absolute Gasteiger partial charge is 0.476 e. The lowest BCUT2D eigenvalue weighted by Crippen LogP contribution is -2.42. The second kappa shape index (κ2) is 7.04. The monoisotopic (exact) mass is 319 g/mol. The van der Waals surface area contributed by atoms with Crippen molar-refractivity contribution in [2.24, 2.45) is 0 Å². The lowest BCUT2D eigenvalue weighted by atomic mass is 10.1. The average molecular weight is 319 g/mol. The van der Waals surface area contributed by atoms with Gasteiger partial charge in [-0.2, -0.15) is 0 Å². The van der Waals surface area contributed by atoms with Crippen LogP contribution in [0.2, 0.25) is 0 Å². The molecular weight excluding hydrogens is 298 g/mol. The Morgan fingerprint density at radius 1 is 1.00 bits per heavy atom. The van der Waals surface area contributed by atoms with Crippen LogP contribution >= 0.6 is 0 Å². The third kappa shape index (κ3) is 3.85. The Kier molecular flexibility index (Phi) is 4.85. The first-order valence-electron chi connectivity index (χ1n) is 8.13. The smallest absolute Gasteiger partial charge is 0.356 e. The number of ether oxygens (including phenoxy) is 1. The van der Waals surface area contributed by atoms with E-state index in [0.29, 0.717) is 19.2 Å². The van der Waals surface area contributed by atoms with E-state index in [1.54, 1.807) is 4.90 Å². The zero-order valence-electron chi connectivity index (χ0n) is 13.0. The van der Waals surface area contributed by atoms with Crippen molar-refractivity contribution in [1.82, 2.24) is 14.9 Å². The summed E-state index contributed by atoms with van der Waals surface area (Å²) >= 11 is 0. The minimum atomic E-state index is -1.15. The maximum atomic E-state index is 12.4. The van der Waals surface area contributed by atoms with Gasteiger partial charge in [0.2, 0.25) is 0 Å². The van der Waals surface area contributed by atoms with Gasteiger partial charge in [-0.15, -0.1) is 0 Å². The predicted octanol–water partition coefficient (Wildman–Crippen LogP) is 1.74. The number of hydrogen-bond acceptors (Lipinski definition) is 5.